The molecule has 6 nitrogen and oxygen atoms in total. The molecule has 0 bridgehead atoms. The second kappa shape index (κ2) is 9.14. The Kier molecular flexibility index (Phi) is 6.83. The monoisotopic (exact) mass is 406 g/mol. The van der Waals surface area contributed by atoms with E-state index in [9.17, 15) is 4.79 Å². The summed E-state index contributed by atoms with van der Waals surface area (Å²) in [6.45, 7) is 8.71. The number of nitrogens with zero attached hydrogens (tertiary/aromatic N) is 3. The van der Waals surface area contributed by atoms with Crippen LogP contribution in [0.25, 0.3) is 0 Å². The molecule has 154 valence electrons. The molecule has 1 unspecified atom stereocenters. The quantitative estimate of drug-likeness (QED) is 0.616. The van der Waals surface area contributed by atoms with E-state index in [0.717, 1.165) is 49.0 Å². The second-order valence-electron chi connectivity index (χ2n) is 8.08. The maximum atomic E-state index is 12.5. The molecule has 2 saturated heterocycles. The van der Waals surface area contributed by atoms with Crippen molar-refractivity contribution < 1.29 is 9.53 Å². The summed E-state index contributed by atoms with van der Waals surface area (Å²) in [5.41, 5.74) is 0.984. The minimum atomic E-state index is -0.236. The summed E-state index contributed by atoms with van der Waals surface area (Å²) >= 11 is 6.39. The smallest absolute Gasteiger partial charge is 0.251 e. The largest absolute Gasteiger partial charge is 0.368 e. The van der Waals surface area contributed by atoms with Gasteiger partial charge in [0, 0.05) is 56.8 Å². The van der Waals surface area contributed by atoms with Crippen LogP contribution in [0.3, 0.4) is 0 Å². The molecule has 2 aliphatic rings. The molecule has 1 atom stereocenters. The van der Waals surface area contributed by atoms with Crippen molar-refractivity contribution in [3.63, 3.8) is 0 Å². The van der Waals surface area contributed by atoms with Crippen LogP contribution in [0.4, 0.5) is 0 Å². The average Bonchev–Trinajstić information content (AvgIpc) is 3.23. The second-order valence-corrected chi connectivity index (χ2v) is 8.49. The third kappa shape index (κ3) is 4.78. The van der Waals surface area contributed by atoms with Crippen LogP contribution in [0.5, 0.6) is 0 Å². The molecule has 0 spiro atoms. The maximum Gasteiger partial charge on any atom is 0.251 e. The van der Waals surface area contributed by atoms with E-state index in [-0.39, 0.29) is 17.4 Å². The van der Waals surface area contributed by atoms with Crippen LogP contribution in [0, 0.1) is 0 Å². The van der Waals surface area contributed by atoms with E-state index < -0.39 is 0 Å². The number of aliphatic imine (C=N–C) groups is 1. The fourth-order valence-electron chi connectivity index (χ4n) is 3.85. The van der Waals surface area contributed by atoms with Crippen molar-refractivity contribution in [3.05, 3.63) is 34.9 Å². The number of guanidine groups is 1. The number of benzene rings is 1. The van der Waals surface area contributed by atoms with E-state index in [1.54, 1.807) is 7.05 Å². The van der Waals surface area contributed by atoms with Crippen molar-refractivity contribution in [1.29, 1.82) is 0 Å². The minimum Gasteiger partial charge on any atom is -0.368 e. The first kappa shape index (κ1) is 20.9. The highest BCUT2D eigenvalue weighted by Crippen LogP contribution is 2.29. The van der Waals surface area contributed by atoms with Crippen LogP contribution in [0.2, 0.25) is 5.02 Å². The van der Waals surface area contributed by atoms with Gasteiger partial charge in [0.05, 0.1) is 0 Å². The van der Waals surface area contributed by atoms with Gasteiger partial charge in [0.15, 0.2) is 5.96 Å². The summed E-state index contributed by atoms with van der Waals surface area (Å²) in [6.07, 6.45) is 1.59. The molecule has 3 rings (SSSR count). The van der Waals surface area contributed by atoms with Gasteiger partial charge in [0.25, 0.3) is 5.91 Å². The zero-order valence-electron chi connectivity index (χ0n) is 17.1. The summed E-state index contributed by atoms with van der Waals surface area (Å²) < 4.78 is 5.54. The number of carbonyl (C=O) groups is 1. The normalized spacial score (nSPS) is 21.1. The van der Waals surface area contributed by atoms with E-state index in [1.165, 1.54) is 0 Å². The summed E-state index contributed by atoms with van der Waals surface area (Å²) in [5.74, 6) is 1.00. The fraction of sp³-hybridized carbons (Fsp3) is 0.619. The number of ether oxygens (including phenoxy) is 1. The van der Waals surface area contributed by atoms with Crippen LogP contribution in [-0.4, -0.2) is 74.1 Å². The highest BCUT2D eigenvalue weighted by molar-refractivity contribution is 6.31. The molecule has 1 aromatic rings. The first-order valence-electron chi connectivity index (χ1n) is 10.0. The first-order chi connectivity index (χ1) is 13.4. The zero-order chi connectivity index (χ0) is 20.1. The maximum absolute atomic E-state index is 12.5. The Morgan fingerprint density at radius 1 is 1.25 bits per heavy atom. The van der Waals surface area contributed by atoms with Gasteiger partial charge < -0.3 is 19.9 Å². The Labute approximate surface area is 172 Å². The van der Waals surface area contributed by atoms with Gasteiger partial charge in [-0.2, -0.15) is 0 Å². The third-order valence-corrected chi connectivity index (χ3v) is 5.93. The number of rotatable bonds is 4. The molecule has 0 aromatic heterocycles. The van der Waals surface area contributed by atoms with Crippen LogP contribution in [0.1, 0.15) is 32.3 Å². The van der Waals surface area contributed by atoms with Crippen molar-refractivity contribution >= 4 is 23.5 Å². The van der Waals surface area contributed by atoms with Gasteiger partial charge in [0.2, 0.25) is 0 Å². The van der Waals surface area contributed by atoms with Crippen molar-refractivity contribution in [2.75, 3.05) is 46.4 Å². The number of halogens is 1. The van der Waals surface area contributed by atoms with Gasteiger partial charge in [0.1, 0.15) is 6.10 Å². The number of piperazine rings is 1. The molecule has 2 heterocycles. The summed E-state index contributed by atoms with van der Waals surface area (Å²) in [6, 6.07) is 7.97. The Balaban J connectivity index is 1.53. The molecule has 1 aromatic carbocycles. The zero-order valence-corrected chi connectivity index (χ0v) is 17.8. The number of hydrogen-bond acceptors (Lipinski definition) is 3. The molecule has 0 radical (unpaired) electrons. The van der Waals surface area contributed by atoms with Crippen molar-refractivity contribution in [2.24, 2.45) is 4.99 Å². The van der Waals surface area contributed by atoms with Crippen molar-refractivity contribution in [3.8, 4) is 0 Å². The van der Waals surface area contributed by atoms with Gasteiger partial charge in [-0.05, 0) is 24.5 Å². The van der Waals surface area contributed by atoms with E-state index in [0.29, 0.717) is 19.7 Å². The lowest BCUT2D eigenvalue weighted by Crippen LogP contribution is -2.56. The van der Waals surface area contributed by atoms with Crippen LogP contribution in [0.15, 0.2) is 29.3 Å². The molecular weight excluding hydrogens is 376 g/mol. The molecular formula is C21H31ClN4O2. The standard InChI is InChI=1S/C21H31ClN4O2/c1-21(2,16-7-4-5-8-17(16)22)15-24-20(23-3)26-12-10-25(11-13-26)19(27)18-9-6-14-28-18/h4-5,7-8,18H,6,9-15H2,1-3H3,(H,23,24). The van der Waals surface area contributed by atoms with E-state index in [4.69, 9.17) is 16.3 Å². The molecule has 1 N–H and O–H groups in total. The van der Waals surface area contributed by atoms with Crippen molar-refractivity contribution in [2.45, 2.75) is 38.2 Å². The predicted molar refractivity (Wildman–Crippen MR) is 113 cm³/mol. The Morgan fingerprint density at radius 3 is 2.54 bits per heavy atom. The summed E-state index contributed by atoms with van der Waals surface area (Å²) in [7, 11) is 1.80. The molecule has 0 saturated carbocycles. The first-order valence-corrected chi connectivity index (χ1v) is 10.4. The number of hydrogen-bond donors (Lipinski definition) is 1. The molecule has 2 aliphatic heterocycles. The molecule has 28 heavy (non-hydrogen) atoms. The van der Waals surface area contributed by atoms with Crippen molar-refractivity contribution in [1.82, 2.24) is 15.1 Å². The third-order valence-electron chi connectivity index (χ3n) is 5.60. The fourth-order valence-corrected chi connectivity index (χ4v) is 4.24. The lowest BCUT2D eigenvalue weighted by molar-refractivity contribution is -0.142. The van der Waals surface area contributed by atoms with Crippen LogP contribution in [-0.2, 0) is 14.9 Å². The topological polar surface area (TPSA) is 57.2 Å². The van der Waals surface area contributed by atoms with E-state index >= 15 is 0 Å². The van der Waals surface area contributed by atoms with E-state index in [1.807, 2.05) is 23.1 Å². The van der Waals surface area contributed by atoms with Gasteiger partial charge >= 0.3 is 0 Å². The van der Waals surface area contributed by atoms with E-state index in [2.05, 4.69) is 35.1 Å². The molecule has 1 amide bonds. The highest BCUT2D eigenvalue weighted by atomic mass is 35.5. The van der Waals surface area contributed by atoms with Crippen LogP contribution >= 0.6 is 11.6 Å². The Bertz CT molecular complexity index is 708. The van der Waals surface area contributed by atoms with Gasteiger partial charge in [-0.3, -0.25) is 9.79 Å². The lowest BCUT2D eigenvalue weighted by Gasteiger charge is -2.38. The highest BCUT2D eigenvalue weighted by Gasteiger charge is 2.31. The minimum absolute atomic E-state index is 0.133. The Hall–Kier alpha value is -1.79. The van der Waals surface area contributed by atoms with Gasteiger partial charge in [-0.1, -0.05) is 43.6 Å². The van der Waals surface area contributed by atoms with Gasteiger partial charge in [-0.25, -0.2) is 0 Å². The number of carbonyl (C=O) groups excluding carboxylic acids is 1. The number of amides is 1. The Morgan fingerprint density at radius 2 is 1.93 bits per heavy atom. The number of nitrogens with one attached hydrogen (secondary N) is 1. The SMILES string of the molecule is CN=C(NCC(C)(C)c1ccccc1Cl)N1CCN(C(=O)C2CCCO2)CC1. The predicted octanol–water partition coefficient (Wildman–Crippen LogP) is 2.52. The lowest BCUT2D eigenvalue weighted by atomic mass is 9.84. The van der Waals surface area contributed by atoms with Crippen LogP contribution < -0.4 is 5.32 Å². The summed E-state index contributed by atoms with van der Waals surface area (Å²) in [4.78, 5) is 21.1. The average molecular weight is 407 g/mol. The molecule has 7 heteroatoms. The molecule has 0 aliphatic carbocycles. The summed E-state index contributed by atoms with van der Waals surface area (Å²) in [5, 5.41) is 4.28. The molecule has 2 fully saturated rings. The van der Waals surface area contributed by atoms with Gasteiger partial charge in [-0.15, -0.1) is 0 Å².